The highest BCUT2D eigenvalue weighted by Crippen LogP contribution is 2.44. The number of Topliss-reactive ketones (excluding diaryl/α,β-unsaturated/α-hetero) is 1. The van der Waals surface area contributed by atoms with E-state index in [1.54, 1.807) is 6.07 Å². The quantitative estimate of drug-likeness (QED) is 0.267. The molecule has 2 aliphatic rings. The SMILES string of the molecule is CCC(C)CCOC1(C)C(C)CC(OCC(C(=O)C2CC2)=C(N)c2ccccc2OC(F)(F)F)CC1CC. The number of carbonyl (C=O) groups excluding carboxylic acids is 1. The molecular weight excluding hydrogens is 495 g/mol. The number of rotatable bonds is 13. The lowest BCUT2D eigenvalue weighted by molar-refractivity contribution is -0.274. The van der Waals surface area contributed by atoms with Gasteiger partial charge in [0, 0.05) is 23.7 Å². The van der Waals surface area contributed by atoms with Gasteiger partial charge in [0.05, 0.1) is 24.0 Å². The number of hydrogen-bond acceptors (Lipinski definition) is 5. The molecule has 5 nitrogen and oxygen atoms in total. The van der Waals surface area contributed by atoms with Crippen LogP contribution in [0.4, 0.5) is 13.2 Å². The minimum Gasteiger partial charge on any atom is -0.405 e. The van der Waals surface area contributed by atoms with Crippen LogP contribution in [0.1, 0.15) is 85.1 Å². The summed E-state index contributed by atoms with van der Waals surface area (Å²) < 4.78 is 56.0. The molecule has 0 aliphatic heterocycles. The fraction of sp³-hybridized carbons (Fsp3) is 0.700. The van der Waals surface area contributed by atoms with Crippen molar-refractivity contribution in [2.24, 2.45) is 29.4 Å². The Kier molecular flexibility index (Phi) is 10.3. The van der Waals surface area contributed by atoms with E-state index in [1.165, 1.54) is 18.2 Å². The van der Waals surface area contributed by atoms with Gasteiger partial charge in [-0.3, -0.25) is 4.79 Å². The number of carbonyl (C=O) groups is 1. The van der Waals surface area contributed by atoms with E-state index < -0.39 is 12.1 Å². The van der Waals surface area contributed by atoms with Crippen molar-refractivity contribution in [1.82, 2.24) is 0 Å². The van der Waals surface area contributed by atoms with Gasteiger partial charge in [-0.2, -0.15) is 0 Å². The lowest BCUT2D eigenvalue weighted by Gasteiger charge is -2.48. The molecule has 5 atom stereocenters. The molecule has 2 aliphatic carbocycles. The van der Waals surface area contributed by atoms with Crippen molar-refractivity contribution >= 4 is 11.5 Å². The van der Waals surface area contributed by atoms with Gasteiger partial charge in [-0.25, -0.2) is 0 Å². The number of alkyl halides is 3. The van der Waals surface area contributed by atoms with E-state index in [-0.39, 0.29) is 58.7 Å². The topological polar surface area (TPSA) is 70.8 Å². The summed E-state index contributed by atoms with van der Waals surface area (Å²) in [5.41, 5.74) is 6.37. The largest absolute Gasteiger partial charge is 0.573 e. The van der Waals surface area contributed by atoms with Crippen molar-refractivity contribution in [2.45, 2.75) is 97.6 Å². The lowest BCUT2D eigenvalue weighted by atomic mass is 9.67. The zero-order valence-corrected chi connectivity index (χ0v) is 23.4. The normalized spacial score (nSPS) is 27.5. The summed E-state index contributed by atoms with van der Waals surface area (Å²) in [4.78, 5) is 13.2. The summed E-state index contributed by atoms with van der Waals surface area (Å²) in [6, 6.07) is 5.65. The van der Waals surface area contributed by atoms with Crippen molar-refractivity contribution in [3.05, 3.63) is 35.4 Å². The molecule has 38 heavy (non-hydrogen) atoms. The van der Waals surface area contributed by atoms with Crippen LogP contribution in [0.15, 0.2) is 29.8 Å². The molecule has 2 fully saturated rings. The molecule has 3 rings (SSSR count). The van der Waals surface area contributed by atoms with E-state index in [0.29, 0.717) is 5.92 Å². The second kappa shape index (κ2) is 12.9. The Morgan fingerprint density at radius 2 is 1.87 bits per heavy atom. The Morgan fingerprint density at radius 3 is 2.47 bits per heavy atom. The van der Waals surface area contributed by atoms with Crippen LogP contribution < -0.4 is 10.5 Å². The Bertz CT molecular complexity index is 974. The summed E-state index contributed by atoms with van der Waals surface area (Å²) in [5, 5.41) is 0. The number of ketones is 1. The minimum absolute atomic E-state index is 0.0177. The van der Waals surface area contributed by atoms with Crippen LogP contribution in [0, 0.1) is 23.7 Å². The first-order chi connectivity index (χ1) is 17.9. The first kappa shape index (κ1) is 30.5. The molecular formula is C30H44F3NO4. The molecule has 1 aromatic rings. The maximum atomic E-state index is 13.2. The molecule has 8 heteroatoms. The number of ether oxygens (including phenoxy) is 3. The maximum Gasteiger partial charge on any atom is 0.573 e. The summed E-state index contributed by atoms with van der Waals surface area (Å²) >= 11 is 0. The van der Waals surface area contributed by atoms with E-state index in [4.69, 9.17) is 15.2 Å². The third kappa shape index (κ3) is 7.75. The number of nitrogens with two attached hydrogens (primary N) is 1. The maximum absolute atomic E-state index is 13.2. The summed E-state index contributed by atoms with van der Waals surface area (Å²) in [5.74, 6) is 0.421. The Labute approximate surface area is 225 Å². The first-order valence-electron chi connectivity index (χ1n) is 14.0. The highest BCUT2D eigenvalue weighted by molar-refractivity contribution is 6.05. The van der Waals surface area contributed by atoms with Crippen molar-refractivity contribution in [3.8, 4) is 5.75 Å². The molecule has 0 heterocycles. The third-order valence-corrected chi connectivity index (χ3v) is 8.60. The molecule has 1 aromatic carbocycles. The second-order valence-electron chi connectivity index (χ2n) is 11.3. The van der Waals surface area contributed by atoms with Crippen LogP contribution in [0.3, 0.4) is 0 Å². The standard InChI is InChI=1S/C30H44F3NO4/c1-6-19(3)14-15-37-29(5)20(4)16-23(17-22(29)7-2)36-18-25(28(35)21-12-13-21)27(34)24-10-8-9-11-26(24)38-30(31,32)33/h8-11,19-23H,6-7,12-18,34H2,1-5H3. The molecule has 5 unspecified atom stereocenters. The predicted molar refractivity (Wildman–Crippen MR) is 142 cm³/mol. The van der Waals surface area contributed by atoms with Crippen LogP contribution in [0.25, 0.3) is 5.70 Å². The monoisotopic (exact) mass is 539 g/mol. The van der Waals surface area contributed by atoms with Gasteiger partial charge >= 0.3 is 6.36 Å². The van der Waals surface area contributed by atoms with E-state index in [9.17, 15) is 18.0 Å². The highest BCUT2D eigenvalue weighted by Gasteiger charge is 2.46. The lowest BCUT2D eigenvalue weighted by Crippen LogP contribution is -2.50. The fourth-order valence-corrected chi connectivity index (χ4v) is 5.47. The van der Waals surface area contributed by atoms with Crippen molar-refractivity contribution in [3.63, 3.8) is 0 Å². The number of benzene rings is 1. The van der Waals surface area contributed by atoms with E-state index >= 15 is 0 Å². The molecule has 0 spiro atoms. The molecule has 0 saturated heterocycles. The van der Waals surface area contributed by atoms with Crippen LogP contribution in [0.2, 0.25) is 0 Å². The minimum atomic E-state index is -4.87. The smallest absolute Gasteiger partial charge is 0.405 e. The Hall–Kier alpha value is -2.06. The van der Waals surface area contributed by atoms with Crippen LogP contribution in [-0.4, -0.2) is 37.1 Å². The van der Waals surface area contributed by atoms with E-state index in [1.807, 2.05) is 0 Å². The van der Waals surface area contributed by atoms with Gasteiger partial charge in [-0.15, -0.1) is 13.2 Å². The Balaban J connectivity index is 1.76. The zero-order chi connectivity index (χ0) is 28.1. The summed E-state index contributed by atoms with van der Waals surface area (Å²) in [6.07, 6.45) is 1.20. The summed E-state index contributed by atoms with van der Waals surface area (Å²) in [7, 11) is 0. The van der Waals surface area contributed by atoms with Crippen LogP contribution >= 0.6 is 0 Å². The van der Waals surface area contributed by atoms with Gasteiger partial charge in [0.25, 0.3) is 0 Å². The average molecular weight is 540 g/mol. The molecule has 0 radical (unpaired) electrons. The number of hydrogen-bond donors (Lipinski definition) is 1. The molecule has 0 amide bonds. The van der Waals surface area contributed by atoms with Gasteiger partial charge in [0.2, 0.25) is 0 Å². The molecule has 214 valence electrons. The van der Waals surface area contributed by atoms with Gasteiger partial charge in [-0.1, -0.05) is 52.7 Å². The van der Waals surface area contributed by atoms with Gasteiger partial charge in [0.15, 0.2) is 5.78 Å². The number of halogens is 3. The van der Waals surface area contributed by atoms with Crippen molar-refractivity contribution < 1.29 is 32.2 Å². The van der Waals surface area contributed by atoms with Gasteiger partial charge in [0.1, 0.15) is 5.75 Å². The zero-order valence-electron chi connectivity index (χ0n) is 23.4. The summed E-state index contributed by atoms with van der Waals surface area (Å²) in [6.45, 7) is 11.7. The van der Waals surface area contributed by atoms with E-state index in [0.717, 1.165) is 51.6 Å². The van der Waals surface area contributed by atoms with Crippen molar-refractivity contribution in [1.29, 1.82) is 0 Å². The fourth-order valence-electron chi connectivity index (χ4n) is 5.47. The predicted octanol–water partition coefficient (Wildman–Crippen LogP) is 7.29. The van der Waals surface area contributed by atoms with Crippen LogP contribution in [0.5, 0.6) is 5.75 Å². The second-order valence-corrected chi connectivity index (χ2v) is 11.3. The third-order valence-electron chi connectivity index (χ3n) is 8.60. The van der Waals surface area contributed by atoms with Crippen molar-refractivity contribution in [2.75, 3.05) is 13.2 Å². The highest BCUT2D eigenvalue weighted by atomic mass is 19.4. The first-order valence-corrected chi connectivity index (χ1v) is 14.0. The van der Waals surface area contributed by atoms with Gasteiger partial charge in [-0.05, 0) is 68.9 Å². The van der Waals surface area contributed by atoms with E-state index in [2.05, 4.69) is 39.4 Å². The van der Waals surface area contributed by atoms with Crippen LogP contribution in [-0.2, 0) is 14.3 Å². The van der Waals surface area contributed by atoms with Gasteiger partial charge < -0.3 is 19.9 Å². The molecule has 2 saturated carbocycles. The molecule has 0 bridgehead atoms. The molecule has 0 aromatic heterocycles. The number of para-hydroxylation sites is 1. The average Bonchev–Trinajstić information content (AvgIpc) is 3.71. The Morgan fingerprint density at radius 1 is 1.18 bits per heavy atom. The molecule has 2 N–H and O–H groups in total.